The highest BCUT2D eigenvalue weighted by atomic mass is 35.5. The van der Waals surface area contributed by atoms with Gasteiger partial charge in [0.25, 0.3) is 0 Å². The molecule has 0 unspecified atom stereocenters. The van der Waals surface area contributed by atoms with Gasteiger partial charge >= 0.3 is 0 Å². The first-order valence-electron chi connectivity index (χ1n) is 12.8. The summed E-state index contributed by atoms with van der Waals surface area (Å²) < 4.78 is 18.6. The van der Waals surface area contributed by atoms with Crippen molar-refractivity contribution in [3.05, 3.63) is 70.6 Å². The van der Waals surface area contributed by atoms with Crippen molar-refractivity contribution in [2.75, 3.05) is 33.4 Å². The molecule has 4 rings (SSSR count). The minimum atomic E-state index is 0.360. The molecule has 8 heteroatoms. The van der Waals surface area contributed by atoms with Gasteiger partial charge in [0.05, 0.1) is 42.1 Å². The summed E-state index contributed by atoms with van der Waals surface area (Å²) in [5.41, 5.74) is 6.13. The Morgan fingerprint density at radius 1 is 1.27 bits per heavy atom. The van der Waals surface area contributed by atoms with E-state index in [-0.39, 0.29) is 0 Å². The fourth-order valence-electron chi connectivity index (χ4n) is 4.87. The average Bonchev–Trinajstić information content (AvgIpc) is 3.43. The summed E-state index contributed by atoms with van der Waals surface area (Å²) in [5.74, 6) is 2.54. The zero-order valence-electron chi connectivity index (χ0n) is 22.5. The SMILES string of the molecule is C=C/C(=C\C(Cl)=C(/C)OC)CCc1nc2cc(-c3c(C)noc3C)ccc2n1C[C@H](C)N1CCOCC1. The molecule has 0 N–H and O–H groups in total. The fraction of sp³-hybridized carbons (Fsp3) is 0.448. The molecule has 3 aromatic rings. The molecule has 1 aliphatic heterocycles. The largest absolute Gasteiger partial charge is 0.500 e. The molecule has 198 valence electrons. The molecule has 7 nitrogen and oxygen atoms in total. The Bertz CT molecular complexity index is 1290. The maximum atomic E-state index is 6.41. The molecule has 0 aliphatic carbocycles. The Hall–Kier alpha value is -2.87. The first-order valence-corrected chi connectivity index (χ1v) is 13.2. The molecule has 1 fully saturated rings. The summed E-state index contributed by atoms with van der Waals surface area (Å²) in [7, 11) is 1.62. The van der Waals surface area contributed by atoms with Crippen LogP contribution in [0.4, 0.5) is 0 Å². The van der Waals surface area contributed by atoms with Crippen LogP contribution in [0.2, 0.25) is 0 Å². The molecule has 1 saturated heterocycles. The number of imidazole rings is 1. The topological polar surface area (TPSA) is 65.6 Å². The molecule has 1 aliphatic rings. The highest BCUT2D eigenvalue weighted by Crippen LogP contribution is 2.31. The molecule has 0 bridgehead atoms. The van der Waals surface area contributed by atoms with Crippen molar-refractivity contribution < 1.29 is 14.0 Å². The molecular formula is C29H37ClN4O3. The van der Waals surface area contributed by atoms with Gasteiger partial charge in [0.2, 0.25) is 0 Å². The molecule has 3 heterocycles. The van der Waals surface area contributed by atoms with Gasteiger partial charge in [-0.3, -0.25) is 4.90 Å². The second-order valence-electron chi connectivity index (χ2n) is 9.57. The first kappa shape index (κ1) is 27.2. The Morgan fingerprint density at radius 2 is 2.03 bits per heavy atom. The number of allylic oxidation sites excluding steroid dienone is 5. The summed E-state index contributed by atoms with van der Waals surface area (Å²) in [4.78, 5) is 7.61. The number of halogens is 1. The van der Waals surface area contributed by atoms with E-state index in [9.17, 15) is 0 Å². The number of aryl methyl sites for hydroxylation is 3. The normalized spacial score (nSPS) is 16.6. The first-order chi connectivity index (χ1) is 17.8. The Labute approximate surface area is 224 Å². The monoisotopic (exact) mass is 524 g/mol. The lowest BCUT2D eigenvalue weighted by atomic mass is 10.0. The van der Waals surface area contributed by atoms with Gasteiger partial charge in [-0.15, -0.1) is 0 Å². The number of aromatic nitrogens is 3. The van der Waals surface area contributed by atoms with Crippen LogP contribution in [-0.2, 0) is 22.4 Å². The molecule has 37 heavy (non-hydrogen) atoms. The molecule has 1 atom stereocenters. The summed E-state index contributed by atoms with van der Waals surface area (Å²) in [5, 5.41) is 4.71. The quantitative estimate of drug-likeness (QED) is 0.233. The molecule has 0 spiro atoms. The second kappa shape index (κ2) is 12.1. The summed E-state index contributed by atoms with van der Waals surface area (Å²) >= 11 is 6.41. The molecule has 2 aromatic heterocycles. The van der Waals surface area contributed by atoms with Crippen LogP contribution in [-0.4, -0.2) is 59.1 Å². The summed E-state index contributed by atoms with van der Waals surface area (Å²) in [6.45, 7) is 16.4. The minimum Gasteiger partial charge on any atom is -0.500 e. The molecule has 1 aromatic carbocycles. The van der Waals surface area contributed by atoms with E-state index in [1.807, 2.05) is 32.9 Å². The Kier molecular flexibility index (Phi) is 8.90. The van der Waals surface area contributed by atoms with Gasteiger partial charge in [-0.1, -0.05) is 35.5 Å². The van der Waals surface area contributed by atoms with Gasteiger partial charge in [0.15, 0.2) is 0 Å². The van der Waals surface area contributed by atoms with Crippen molar-refractivity contribution >= 4 is 22.6 Å². The number of hydrogen-bond acceptors (Lipinski definition) is 6. The summed E-state index contributed by atoms with van der Waals surface area (Å²) in [6, 6.07) is 6.82. The number of nitrogens with zero attached hydrogens (tertiary/aromatic N) is 4. The van der Waals surface area contributed by atoms with Crippen molar-refractivity contribution in [2.24, 2.45) is 0 Å². The van der Waals surface area contributed by atoms with E-state index in [2.05, 4.69) is 46.3 Å². The minimum absolute atomic E-state index is 0.360. The van der Waals surface area contributed by atoms with Gasteiger partial charge in [-0.05, 0) is 63.5 Å². The highest BCUT2D eigenvalue weighted by molar-refractivity contribution is 6.31. The van der Waals surface area contributed by atoms with Crippen molar-refractivity contribution in [1.29, 1.82) is 0 Å². The number of methoxy groups -OCH3 is 1. The molecule has 0 amide bonds. The summed E-state index contributed by atoms with van der Waals surface area (Å²) in [6.07, 6.45) is 5.30. The van der Waals surface area contributed by atoms with Crippen LogP contribution in [0.3, 0.4) is 0 Å². The van der Waals surface area contributed by atoms with Crippen molar-refractivity contribution in [2.45, 2.75) is 53.1 Å². The maximum absolute atomic E-state index is 6.41. The van der Waals surface area contributed by atoms with Crippen molar-refractivity contribution in [3.63, 3.8) is 0 Å². The number of ether oxygens (including phenoxy) is 2. The van der Waals surface area contributed by atoms with Gasteiger partial charge in [0.1, 0.15) is 17.3 Å². The highest BCUT2D eigenvalue weighted by Gasteiger charge is 2.21. The second-order valence-corrected chi connectivity index (χ2v) is 9.98. The van der Waals surface area contributed by atoms with Crippen LogP contribution in [0.15, 0.2) is 57.8 Å². The van der Waals surface area contributed by atoms with E-state index in [0.717, 1.165) is 90.7 Å². The molecule has 0 radical (unpaired) electrons. The van der Waals surface area contributed by atoms with Crippen LogP contribution >= 0.6 is 11.6 Å². The third-order valence-corrected chi connectivity index (χ3v) is 7.49. The van der Waals surface area contributed by atoms with E-state index in [4.69, 9.17) is 30.6 Å². The van der Waals surface area contributed by atoms with Gasteiger partial charge in [-0.25, -0.2) is 4.98 Å². The third kappa shape index (κ3) is 6.17. The maximum Gasteiger partial charge on any atom is 0.141 e. The zero-order chi connectivity index (χ0) is 26.5. The molecule has 0 saturated carbocycles. The van der Waals surface area contributed by atoms with Crippen molar-refractivity contribution in [1.82, 2.24) is 19.6 Å². The van der Waals surface area contributed by atoms with E-state index < -0.39 is 0 Å². The van der Waals surface area contributed by atoms with Gasteiger partial charge < -0.3 is 18.6 Å². The number of benzene rings is 1. The number of morpholine rings is 1. The lowest BCUT2D eigenvalue weighted by molar-refractivity contribution is 0.0170. The Morgan fingerprint density at radius 3 is 2.68 bits per heavy atom. The zero-order valence-corrected chi connectivity index (χ0v) is 23.3. The van der Waals surface area contributed by atoms with Gasteiger partial charge in [-0.2, -0.15) is 0 Å². The molecular weight excluding hydrogens is 488 g/mol. The smallest absolute Gasteiger partial charge is 0.141 e. The predicted molar refractivity (Wildman–Crippen MR) is 149 cm³/mol. The standard InChI is InChI=1S/C29H37ClN4O3/c1-7-23(16-25(30)21(4)35-6)8-11-28-31-26-17-24(29-20(3)32-37-22(29)5)9-10-27(26)34(28)18-19(2)33-12-14-36-15-13-33/h7,9-10,16-17,19H,1,8,11-15,18H2,2-6H3/b23-16+,25-21-/t19-/m0/s1. The lowest BCUT2D eigenvalue weighted by Crippen LogP contribution is -2.44. The fourth-order valence-corrected chi connectivity index (χ4v) is 5.09. The van der Waals surface area contributed by atoms with Crippen LogP contribution in [0.5, 0.6) is 0 Å². The van der Waals surface area contributed by atoms with Crippen LogP contribution in [0.1, 0.15) is 37.5 Å². The average molecular weight is 525 g/mol. The van der Waals surface area contributed by atoms with Crippen LogP contribution in [0.25, 0.3) is 22.2 Å². The number of hydrogen-bond donors (Lipinski definition) is 0. The van der Waals surface area contributed by atoms with E-state index >= 15 is 0 Å². The number of rotatable bonds is 10. The van der Waals surface area contributed by atoms with Crippen LogP contribution < -0.4 is 0 Å². The van der Waals surface area contributed by atoms with Gasteiger partial charge in [0, 0.05) is 37.7 Å². The number of fused-ring (bicyclic) bond motifs is 1. The van der Waals surface area contributed by atoms with E-state index in [1.54, 1.807) is 7.11 Å². The van der Waals surface area contributed by atoms with E-state index in [0.29, 0.717) is 16.8 Å². The Balaban J connectivity index is 1.69. The lowest BCUT2D eigenvalue weighted by Gasteiger charge is -2.32. The third-order valence-electron chi connectivity index (χ3n) is 7.12. The predicted octanol–water partition coefficient (Wildman–Crippen LogP) is 6.19. The van der Waals surface area contributed by atoms with E-state index in [1.165, 1.54) is 0 Å². The van der Waals surface area contributed by atoms with Crippen molar-refractivity contribution in [3.8, 4) is 11.1 Å². The van der Waals surface area contributed by atoms with Crippen LogP contribution in [0, 0.1) is 13.8 Å².